The minimum atomic E-state index is -5.59. The Bertz CT molecular complexity index is 4420. The molecular weight excluding hydrogens is 1150 g/mol. The number of fused-ring (bicyclic) bond motifs is 2. The summed E-state index contributed by atoms with van der Waals surface area (Å²) in [5, 5.41) is 70.5. The van der Waals surface area contributed by atoms with Crippen molar-refractivity contribution in [1.29, 1.82) is 0 Å². The molecule has 0 atom stereocenters. The normalized spacial score (nSPS) is 12.4. The number of hydrogen-bond donors (Lipinski definition) is 8. The number of nitrogens with zero attached hydrogens (tertiary/aromatic N) is 9. The summed E-state index contributed by atoms with van der Waals surface area (Å²) in [5.41, 5.74) is 0.763. The number of nitro groups is 1. The molecule has 0 saturated carbocycles. The number of azo groups is 4. The number of benzene rings is 7. The molecule has 0 aromatic heterocycles. The minimum Gasteiger partial charge on any atom is -0.505 e. The maximum atomic E-state index is 13.0. The molecule has 33 nitrogen and oxygen atoms in total. The summed E-state index contributed by atoms with van der Waals surface area (Å²) in [7, 11) is -24.7. The van der Waals surface area contributed by atoms with E-state index in [9.17, 15) is 81.8 Å². The molecule has 38 heteroatoms. The van der Waals surface area contributed by atoms with Crippen molar-refractivity contribution in [3.63, 3.8) is 0 Å². The molecule has 7 aromatic rings. The highest BCUT2D eigenvalue weighted by Crippen LogP contribution is 2.48. The number of carboxylic acid groups (broad SMARTS) is 1. The van der Waals surface area contributed by atoms with E-state index in [0.29, 0.717) is 18.2 Å². The van der Waals surface area contributed by atoms with Crippen LogP contribution in [0, 0.1) is 10.1 Å². The Morgan fingerprint density at radius 3 is 1.65 bits per heavy atom. The number of anilines is 1. The summed E-state index contributed by atoms with van der Waals surface area (Å²) in [6.07, 6.45) is 0. The fourth-order valence-electron chi connectivity index (χ4n) is 6.67. The van der Waals surface area contributed by atoms with Crippen LogP contribution in [0.3, 0.4) is 0 Å². The van der Waals surface area contributed by atoms with Gasteiger partial charge < -0.3 is 25.8 Å². The molecule has 0 amide bonds. The zero-order valence-electron chi connectivity index (χ0n) is 37.6. The number of rotatable bonds is 16. The van der Waals surface area contributed by atoms with Gasteiger partial charge in [-0.15, -0.1) is 43.3 Å². The lowest BCUT2D eigenvalue weighted by Gasteiger charge is -2.13. The van der Waals surface area contributed by atoms with E-state index in [1.807, 2.05) is 0 Å². The molecule has 7 rings (SSSR count). The van der Waals surface area contributed by atoms with Crippen LogP contribution in [0.2, 0.25) is 0 Å². The number of phenolic OH excluding ortho intramolecular Hbond substituents is 2. The molecule has 0 aliphatic rings. The number of carbonyl (C=O) groups is 2. The number of carbonyl (C=O) groups excluding carboxylic acids is 1. The van der Waals surface area contributed by atoms with Crippen LogP contribution < -0.4 is 10.5 Å². The van der Waals surface area contributed by atoms with Gasteiger partial charge in [0.15, 0.2) is 17.2 Å². The average Bonchev–Trinajstić information content (AvgIpc) is 3.35. The van der Waals surface area contributed by atoms with Gasteiger partial charge in [-0.25, -0.2) is 4.79 Å². The highest BCUT2D eigenvalue weighted by atomic mass is 32.2. The Balaban J connectivity index is 0.00000238. The highest BCUT2D eigenvalue weighted by Gasteiger charge is 2.29. The van der Waals surface area contributed by atoms with Gasteiger partial charge in [0.2, 0.25) is 0 Å². The van der Waals surface area contributed by atoms with Gasteiger partial charge in [0.1, 0.15) is 53.7 Å². The molecule has 0 radical (unpaired) electrons. The Labute approximate surface area is 435 Å². The molecule has 0 spiro atoms. The van der Waals surface area contributed by atoms with Gasteiger partial charge in [-0.1, -0.05) is 6.07 Å². The van der Waals surface area contributed by atoms with Crippen LogP contribution in [0.4, 0.5) is 56.9 Å². The number of carboxylic acids is 1. The van der Waals surface area contributed by atoms with Crippen LogP contribution in [0.5, 0.6) is 17.2 Å². The minimum absolute atomic E-state index is 0.0218. The maximum Gasteiger partial charge on any atom is 0.425 e. The van der Waals surface area contributed by atoms with Crippen LogP contribution in [0.15, 0.2) is 158 Å². The number of hydrogen-bond acceptors (Lipinski definition) is 27. The van der Waals surface area contributed by atoms with Crippen LogP contribution in [-0.4, -0.2) is 97.2 Å². The van der Waals surface area contributed by atoms with Crippen LogP contribution in [0.25, 0.3) is 21.5 Å². The van der Waals surface area contributed by atoms with Crippen molar-refractivity contribution in [2.75, 3.05) is 5.73 Å². The van der Waals surface area contributed by atoms with Crippen LogP contribution in [0.1, 0.15) is 10.4 Å². The third-order valence-electron chi connectivity index (χ3n) is 9.95. The number of non-ortho nitro benzene ring substituents is 1. The first-order valence-electron chi connectivity index (χ1n) is 19.9. The summed E-state index contributed by atoms with van der Waals surface area (Å²) in [4.78, 5) is 28.0. The summed E-state index contributed by atoms with van der Waals surface area (Å²) in [6, 6.07) is 15.4. The Kier molecular flexibility index (Phi) is 16.5. The van der Waals surface area contributed by atoms with E-state index >= 15 is 0 Å². The van der Waals surface area contributed by atoms with Gasteiger partial charge in [0, 0.05) is 34.4 Å². The second kappa shape index (κ2) is 22.4. The lowest BCUT2D eigenvalue weighted by atomic mass is 10.1. The Hall–Kier alpha value is -9.54. The molecular formula is C40H26N10O23S5. The third kappa shape index (κ3) is 13.1. The smallest absolute Gasteiger partial charge is 0.425 e. The lowest BCUT2D eigenvalue weighted by molar-refractivity contribution is -0.385. The van der Waals surface area contributed by atoms with E-state index in [1.54, 1.807) is 0 Å². The Morgan fingerprint density at radius 1 is 0.564 bits per heavy atom. The van der Waals surface area contributed by atoms with Gasteiger partial charge in [0.25, 0.3) is 52.6 Å². The van der Waals surface area contributed by atoms with E-state index < -0.39 is 154 Å². The molecule has 9 N–H and O–H groups in total. The molecule has 404 valence electrons. The van der Waals surface area contributed by atoms with Gasteiger partial charge in [0.05, 0.1) is 32.9 Å². The molecule has 0 unspecified atom stereocenters. The molecule has 0 saturated heterocycles. The van der Waals surface area contributed by atoms with Crippen molar-refractivity contribution in [3.05, 3.63) is 113 Å². The van der Waals surface area contributed by atoms with Gasteiger partial charge in [-0.3, -0.25) is 33.1 Å². The van der Waals surface area contributed by atoms with Crippen molar-refractivity contribution in [2.45, 2.75) is 19.6 Å². The number of ether oxygens (including phenoxy) is 1. The largest absolute Gasteiger partial charge is 0.505 e. The predicted octanol–water partition coefficient (Wildman–Crippen LogP) is 7.77. The van der Waals surface area contributed by atoms with Crippen molar-refractivity contribution < 1.29 is 99.1 Å². The van der Waals surface area contributed by atoms with Crippen molar-refractivity contribution in [1.82, 2.24) is 0 Å². The topological polar surface area (TPSA) is 541 Å². The van der Waals surface area contributed by atoms with Gasteiger partial charge in [-0.2, -0.15) is 43.9 Å². The summed E-state index contributed by atoms with van der Waals surface area (Å²) in [6.45, 7) is -0.0279. The first kappa shape index (κ1) is 57.7. The maximum absolute atomic E-state index is 13.0. The summed E-state index contributed by atoms with van der Waals surface area (Å²) < 4.78 is 172. The third-order valence-corrected chi connectivity index (χ3v) is 13.5. The number of nitrogen functional groups attached to an aromatic ring is 1. The SMILES string of the molecule is Nc1c(N=Nc2ccc3c(O)c(N=Nc4ccc(N=Nc5ccc(C(=O)O)cc5)cc4OC=O)c(S(=O)(=O)O)cc3c2S(=O)(=O)O)cc(S(=O)(=O)O)c2ccc(N=Nc3ccc([N+](=O)[O-])cc3S(=O)(=O)O)c(O)c12.O=S(=O)=O. The number of aromatic carboxylic acids is 1. The van der Waals surface area contributed by atoms with E-state index in [4.69, 9.17) is 28.2 Å². The van der Waals surface area contributed by atoms with Gasteiger partial charge in [-0.05, 0) is 72.8 Å². The second-order valence-corrected chi connectivity index (χ2v) is 20.7. The van der Waals surface area contributed by atoms with Crippen molar-refractivity contribution in [3.8, 4) is 17.2 Å². The first-order valence-corrected chi connectivity index (χ1v) is 26.7. The average molecular weight is 1180 g/mol. The van der Waals surface area contributed by atoms with Crippen LogP contribution in [-0.2, 0) is 55.9 Å². The van der Waals surface area contributed by atoms with E-state index in [-0.39, 0.29) is 34.8 Å². The predicted molar refractivity (Wildman–Crippen MR) is 261 cm³/mol. The van der Waals surface area contributed by atoms with Gasteiger partial charge >= 0.3 is 16.6 Å². The summed E-state index contributed by atoms with van der Waals surface area (Å²) in [5.74, 6) is -3.76. The fourth-order valence-corrected chi connectivity index (χ4v) is 9.49. The molecule has 0 aliphatic carbocycles. The quantitative estimate of drug-likeness (QED) is 0.0114. The molecule has 0 heterocycles. The second-order valence-electron chi connectivity index (χ2n) is 14.8. The number of aromatic hydroxyl groups is 2. The van der Waals surface area contributed by atoms with E-state index in [0.717, 1.165) is 48.5 Å². The Morgan fingerprint density at radius 2 is 1.08 bits per heavy atom. The molecule has 0 aliphatic heterocycles. The van der Waals surface area contributed by atoms with Crippen LogP contribution >= 0.6 is 0 Å². The standard InChI is InChI=1S/C40H26N10O20S4.O3S/c41-35-29(16-31(71(58,59)60)23-8-11-27(38(53)34(23)35)46-45-26-10-6-21(50(56)57)14-32(26)72(61,62)63)48-47-28-12-7-22-24(39(28)74(67,68)69)15-33(73(64,65)66)36(37(22)52)49-44-25-9-5-20(13-30(25)70-17-51)43-42-19-3-1-18(2-4-19)40(54)55;1-4(2)3/h1-17,52-53H,41H2,(H,54,55)(H,58,59,60)(H,61,62,63)(H,64,65,66)(H,67,68,69);. The fraction of sp³-hybridized carbons (Fsp3) is 0. The first-order chi connectivity index (χ1) is 36.3. The molecule has 78 heavy (non-hydrogen) atoms. The van der Waals surface area contributed by atoms with E-state index in [2.05, 4.69) is 40.9 Å². The monoisotopic (exact) mass is 1170 g/mol. The van der Waals surface area contributed by atoms with Crippen molar-refractivity contribution in [2.24, 2.45) is 40.9 Å². The highest BCUT2D eigenvalue weighted by molar-refractivity contribution is 7.87. The lowest BCUT2D eigenvalue weighted by Crippen LogP contribution is -2.03. The number of nitrogens with two attached hydrogens (primary N) is 1. The van der Waals surface area contributed by atoms with E-state index in [1.165, 1.54) is 30.3 Å². The molecule has 0 bridgehead atoms. The summed E-state index contributed by atoms with van der Waals surface area (Å²) >= 11 is 0. The number of nitro benzene ring substituents is 1. The molecule has 0 fully saturated rings. The zero-order chi connectivity index (χ0) is 57.8. The van der Waals surface area contributed by atoms with Crippen molar-refractivity contribution >= 4 is 142 Å². The zero-order valence-corrected chi connectivity index (χ0v) is 41.7. The number of phenols is 2. The molecule has 7 aromatic carbocycles.